The topological polar surface area (TPSA) is 28.7 Å². The Hall–Kier alpha value is -2.94. The second kappa shape index (κ2) is 5.11. The molecular weight excluding hydrogens is 275 g/mol. The number of pyridine rings is 1. The number of rotatable bonds is 2. The highest BCUT2D eigenvalue weighted by atomic mass is 19.1. The van der Waals surface area contributed by atoms with E-state index in [1.165, 1.54) is 12.1 Å². The lowest BCUT2D eigenvalue weighted by atomic mass is 9.99. The Labute approximate surface area is 127 Å². The van der Waals surface area contributed by atoms with Crippen LogP contribution in [-0.2, 0) is 0 Å². The van der Waals surface area contributed by atoms with E-state index in [2.05, 4.69) is 22.1 Å². The molecule has 0 aliphatic rings. The molecule has 1 N–H and O–H groups in total. The van der Waals surface area contributed by atoms with E-state index in [0.29, 0.717) is 0 Å². The molecule has 4 aromatic rings. The molecule has 0 saturated carbocycles. The third kappa shape index (κ3) is 2.07. The first-order valence-corrected chi connectivity index (χ1v) is 7.11. The predicted octanol–water partition coefficient (Wildman–Crippen LogP) is 5.04. The smallest absolute Gasteiger partial charge is 0.138 e. The summed E-state index contributed by atoms with van der Waals surface area (Å²) >= 11 is 0. The van der Waals surface area contributed by atoms with Gasteiger partial charge in [0.05, 0.1) is 5.69 Å². The summed E-state index contributed by atoms with van der Waals surface area (Å²) in [5.41, 5.74) is 4.94. The molecule has 0 radical (unpaired) electrons. The Kier molecular flexibility index (Phi) is 2.97. The molecule has 2 heterocycles. The van der Waals surface area contributed by atoms with Crippen LogP contribution in [0.5, 0.6) is 0 Å². The summed E-state index contributed by atoms with van der Waals surface area (Å²) in [4.78, 5) is 7.79. The van der Waals surface area contributed by atoms with Crippen LogP contribution >= 0.6 is 0 Å². The maximum Gasteiger partial charge on any atom is 0.138 e. The third-order valence-electron chi connectivity index (χ3n) is 3.77. The summed E-state index contributed by atoms with van der Waals surface area (Å²) < 4.78 is 13.2. The van der Waals surface area contributed by atoms with E-state index in [1.807, 2.05) is 30.3 Å². The van der Waals surface area contributed by atoms with Crippen LogP contribution in [0.4, 0.5) is 4.39 Å². The van der Waals surface area contributed by atoms with Crippen LogP contribution in [0.3, 0.4) is 0 Å². The molecule has 2 nitrogen and oxygen atoms in total. The summed E-state index contributed by atoms with van der Waals surface area (Å²) in [5.74, 6) is -0.233. The average Bonchev–Trinajstić information content (AvgIpc) is 2.96. The lowest BCUT2D eigenvalue weighted by Crippen LogP contribution is -1.83. The van der Waals surface area contributed by atoms with E-state index < -0.39 is 0 Å². The minimum absolute atomic E-state index is 0.233. The normalized spacial score (nSPS) is 11.0. The summed E-state index contributed by atoms with van der Waals surface area (Å²) in [6.07, 6.45) is 1.77. The van der Waals surface area contributed by atoms with Crippen molar-refractivity contribution in [1.29, 1.82) is 0 Å². The number of H-pyrrole nitrogens is 1. The molecule has 2 aromatic carbocycles. The zero-order chi connectivity index (χ0) is 14.9. The number of fused-ring (bicyclic) bond motifs is 1. The summed E-state index contributed by atoms with van der Waals surface area (Å²) in [7, 11) is 0. The molecule has 22 heavy (non-hydrogen) atoms. The molecule has 0 fully saturated rings. The van der Waals surface area contributed by atoms with E-state index in [-0.39, 0.29) is 5.82 Å². The standard InChI is InChI=1S/C19H13FN2/c20-15-10-8-13(9-11-15)17-16-7-4-12-21-19(16)22-18(17)14-5-2-1-3-6-14/h1-12H,(H,21,22). The van der Waals surface area contributed by atoms with E-state index in [4.69, 9.17) is 0 Å². The fourth-order valence-electron chi connectivity index (χ4n) is 2.76. The van der Waals surface area contributed by atoms with Crippen molar-refractivity contribution in [3.63, 3.8) is 0 Å². The second-order valence-corrected chi connectivity index (χ2v) is 5.15. The van der Waals surface area contributed by atoms with Gasteiger partial charge in [-0.05, 0) is 35.4 Å². The Balaban J connectivity index is 2.04. The highest BCUT2D eigenvalue weighted by Crippen LogP contribution is 2.37. The van der Waals surface area contributed by atoms with Gasteiger partial charge in [-0.1, -0.05) is 42.5 Å². The number of nitrogens with one attached hydrogen (secondary N) is 1. The van der Waals surface area contributed by atoms with Gasteiger partial charge >= 0.3 is 0 Å². The largest absolute Gasteiger partial charge is 0.339 e. The molecule has 0 saturated heterocycles. The molecule has 0 amide bonds. The third-order valence-corrected chi connectivity index (χ3v) is 3.77. The van der Waals surface area contributed by atoms with Crippen molar-refractivity contribution in [2.75, 3.05) is 0 Å². The van der Waals surface area contributed by atoms with Crippen LogP contribution in [0.1, 0.15) is 0 Å². The van der Waals surface area contributed by atoms with Gasteiger partial charge in [-0.3, -0.25) is 0 Å². The quantitative estimate of drug-likeness (QED) is 0.550. The summed E-state index contributed by atoms with van der Waals surface area (Å²) in [6, 6.07) is 20.6. The Bertz CT molecular complexity index is 925. The van der Waals surface area contributed by atoms with Gasteiger partial charge in [-0.25, -0.2) is 9.37 Å². The first kappa shape index (κ1) is 12.8. The lowest BCUT2D eigenvalue weighted by molar-refractivity contribution is 0.628. The molecule has 0 atom stereocenters. The monoisotopic (exact) mass is 288 g/mol. The van der Waals surface area contributed by atoms with Crippen molar-refractivity contribution in [3.8, 4) is 22.4 Å². The average molecular weight is 288 g/mol. The molecule has 0 bridgehead atoms. The molecule has 0 aliphatic carbocycles. The lowest BCUT2D eigenvalue weighted by Gasteiger charge is -2.05. The van der Waals surface area contributed by atoms with Gasteiger partial charge in [0, 0.05) is 17.1 Å². The number of halogens is 1. The van der Waals surface area contributed by atoms with Gasteiger partial charge in [-0.15, -0.1) is 0 Å². The molecule has 0 aliphatic heterocycles. The molecule has 3 heteroatoms. The fourth-order valence-corrected chi connectivity index (χ4v) is 2.76. The Morgan fingerprint density at radius 1 is 0.773 bits per heavy atom. The molecule has 106 valence electrons. The maximum absolute atomic E-state index is 13.2. The van der Waals surface area contributed by atoms with Crippen LogP contribution in [0, 0.1) is 5.82 Å². The maximum atomic E-state index is 13.2. The van der Waals surface area contributed by atoms with Crippen molar-refractivity contribution in [1.82, 2.24) is 9.97 Å². The van der Waals surface area contributed by atoms with Gasteiger partial charge in [0.1, 0.15) is 11.5 Å². The highest BCUT2D eigenvalue weighted by molar-refractivity contribution is 6.02. The van der Waals surface area contributed by atoms with E-state index in [0.717, 1.165) is 33.4 Å². The second-order valence-electron chi connectivity index (χ2n) is 5.15. The van der Waals surface area contributed by atoms with Gasteiger partial charge in [0.15, 0.2) is 0 Å². The minimum atomic E-state index is -0.233. The number of hydrogen-bond donors (Lipinski definition) is 1. The zero-order valence-corrected chi connectivity index (χ0v) is 11.8. The number of aromatic nitrogens is 2. The van der Waals surface area contributed by atoms with Gasteiger partial charge in [0.2, 0.25) is 0 Å². The van der Waals surface area contributed by atoms with Crippen LogP contribution in [-0.4, -0.2) is 9.97 Å². The summed E-state index contributed by atoms with van der Waals surface area (Å²) in [6.45, 7) is 0. The highest BCUT2D eigenvalue weighted by Gasteiger charge is 2.15. The number of benzene rings is 2. The number of nitrogens with zero attached hydrogens (tertiary/aromatic N) is 1. The SMILES string of the molecule is Fc1ccc(-c2c(-c3ccccc3)[nH]c3ncccc23)cc1. The number of aromatic amines is 1. The van der Waals surface area contributed by atoms with Gasteiger partial charge in [0.25, 0.3) is 0 Å². The van der Waals surface area contributed by atoms with Crippen LogP contribution in [0.25, 0.3) is 33.4 Å². The molecular formula is C19H13FN2. The zero-order valence-electron chi connectivity index (χ0n) is 11.8. The molecule has 0 spiro atoms. The van der Waals surface area contributed by atoms with Crippen molar-refractivity contribution in [2.45, 2.75) is 0 Å². The molecule has 2 aromatic heterocycles. The Morgan fingerprint density at radius 2 is 1.55 bits per heavy atom. The fraction of sp³-hybridized carbons (Fsp3) is 0. The minimum Gasteiger partial charge on any atom is -0.339 e. The van der Waals surface area contributed by atoms with Gasteiger partial charge in [-0.2, -0.15) is 0 Å². The van der Waals surface area contributed by atoms with E-state index in [9.17, 15) is 4.39 Å². The van der Waals surface area contributed by atoms with Crippen molar-refractivity contribution in [2.24, 2.45) is 0 Å². The van der Waals surface area contributed by atoms with Crippen molar-refractivity contribution in [3.05, 3.63) is 78.7 Å². The Morgan fingerprint density at radius 3 is 2.32 bits per heavy atom. The first-order chi connectivity index (χ1) is 10.8. The molecule has 0 unspecified atom stereocenters. The summed E-state index contributed by atoms with van der Waals surface area (Å²) in [5, 5.41) is 1.04. The van der Waals surface area contributed by atoms with Crippen molar-refractivity contribution >= 4 is 11.0 Å². The van der Waals surface area contributed by atoms with E-state index >= 15 is 0 Å². The van der Waals surface area contributed by atoms with Crippen LogP contribution in [0.2, 0.25) is 0 Å². The predicted molar refractivity (Wildman–Crippen MR) is 86.9 cm³/mol. The number of hydrogen-bond acceptors (Lipinski definition) is 1. The first-order valence-electron chi connectivity index (χ1n) is 7.11. The van der Waals surface area contributed by atoms with E-state index in [1.54, 1.807) is 18.3 Å². The van der Waals surface area contributed by atoms with Crippen LogP contribution in [0.15, 0.2) is 72.9 Å². The van der Waals surface area contributed by atoms with Crippen LogP contribution < -0.4 is 0 Å². The van der Waals surface area contributed by atoms with Crippen molar-refractivity contribution < 1.29 is 4.39 Å². The molecule has 4 rings (SSSR count). The van der Waals surface area contributed by atoms with Gasteiger partial charge < -0.3 is 4.98 Å².